The number of likely N-dealkylation sites (tertiary alicyclic amines) is 1. The topological polar surface area (TPSA) is 84.5 Å². The summed E-state index contributed by atoms with van der Waals surface area (Å²) in [5.74, 6) is -1.72. The lowest BCUT2D eigenvalue weighted by Crippen LogP contribution is -2.36. The first-order valence-electron chi connectivity index (χ1n) is 8.12. The van der Waals surface area contributed by atoms with Gasteiger partial charge in [-0.3, -0.25) is 18.7 Å². The Kier molecular flexibility index (Phi) is 4.17. The van der Waals surface area contributed by atoms with Gasteiger partial charge in [0.25, 0.3) is 0 Å². The van der Waals surface area contributed by atoms with Crippen molar-refractivity contribution in [2.24, 2.45) is 11.8 Å². The third-order valence-corrected chi connectivity index (χ3v) is 4.82. The highest BCUT2D eigenvalue weighted by atomic mass is 16.4. The van der Waals surface area contributed by atoms with E-state index >= 15 is 0 Å². The van der Waals surface area contributed by atoms with Crippen LogP contribution in [0, 0.1) is 11.8 Å². The molecule has 0 radical (unpaired) electrons. The predicted octanol–water partition coefficient (Wildman–Crippen LogP) is 1.00. The molecule has 128 valence electrons. The normalized spacial score (nSPS) is 20.7. The van der Waals surface area contributed by atoms with Gasteiger partial charge in [0.1, 0.15) is 6.54 Å². The summed E-state index contributed by atoms with van der Waals surface area (Å²) < 4.78 is 3.11. The van der Waals surface area contributed by atoms with Crippen molar-refractivity contribution in [1.29, 1.82) is 0 Å². The third kappa shape index (κ3) is 2.60. The first-order valence-corrected chi connectivity index (χ1v) is 8.12. The van der Waals surface area contributed by atoms with E-state index in [0.717, 1.165) is 11.0 Å². The highest BCUT2D eigenvalue weighted by Gasteiger charge is 2.37. The standard InChI is InChI=1S/C17H21N3O4/c1-3-19-13-6-4-5-7-14(13)20(17(19)24)10-15(21)18-8-11(2)12(9-18)16(22)23/h4-7,11-12H,3,8-10H2,1-2H3,(H,22,23)/t11-,12-/m1/s1. The molecule has 0 bridgehead atoms. The van der Waals surface area contributed by atoms with E-state index in [9.17, 15) is 19.5 Å². The van der Waals surface area contributed by atoms with Crippen LogP contribution in [-0.2, 0) is 22.7 Å². The number of hydrogen-bond acceptors (Lipinski definition) is 3. The fourth-order valence-corrected chi connectivity index (χ4v) is 3.46. The predicted molar refractivity (Wildman–Crippen MR) is 88.7 cm³/mol. The molecule has 3 rings (SSSR count). The zero-order valence-corrected chi connectivity index (χ0v) is 13.8. The number of para-hydroxylation sites is 2. The Morgan fingerprint density at radius 2 is 1.79 bits per heavy atom. The molecule has 1 aromatic heterocycles. The molecule has 0 unspecified atom stereocenters. The average Bonchev–Trinajstić information content (AvgIpc) is 3.06. The van der Waals surface area contributed by atoms with Crippen LogP contribution in [0.4, 0.5) is 0 Å². The highest BCUT2D eigenvalue weighted by molar-refractivity contribution is 5.82. The van der Waals surface area contributed by atoms with Crippen molar-refractivity contribution in [3.63, 3.8) is 0 Å². The minimum atomic E-state index is -0.877. The van der Waals surface area contributed by atoms with Gasteiger partial charge in [-0.25, -0.2) is 4.79 Å². The van der Waals surface area contributed by atoms with Gasteiger partial charge in [0.2, 0.25) is 5.91 Å². The number of hydrogen-bond donors (Lipinski definition) is 1. The van der Waals surface area contributed by atoms with Gasteiger partial charge in [-0.1, -0.05) is 19.1 Å². The lowest BCUT2D eigenvalue weighted by atomic mass is 9.99. The molecule has 1 aliphatic heterocycles. The number of aromatic nitrogens is 2. The molecule has 7 heteroatoms. The minimum Gasteiger partial charge on any atom is -0.481 e. The lowest BCUT2D eigenvalue weighted by molar-refractivity contribution is -0.142. The number of fused-ring (bicyclic) bond motifs is 1. The Labute approximate surface area is 139 Å². The van der Waals surface area contributed by atoms with Crippen LogP contribution in [-0.4, -0.2) is 44.1 Å². The molecule has 1 N–H and O–H groups in total. The summed E-state index contributed by atoms with van der Waals surface area (Å²) in [5, 5.41) is 9.20. The summed E-state index contributed by atoms with van der Waals surface area (Å²) in [4.78, 5) is 37.9. The molecule has 1 aromatic carbocycles. The third-order valence-electron chi connectivity index (χ3n) is 4.82. The van der Waals surface area contributed by atoms with Crippen molar-refractivity contribution in [1.82, 2.24) is 14.0 Å². The van der Waals surface area contributed by atoms with Crippen LogP contribution >= 0.6 is 0 Å². The molecule has 0 spiro atoms. The molecular formula is C17H21N3O4. The van der Waals surface area contributed by atoms with Gasteiger partial charge in [0.15, 0.2) is 0 Å². The van der Waals surface area contributed by atoms with Crippen LogP contribution < -0.4 is 5.69 Å². The van der Waals surface area contributed by atoms with Crippen LogP contribution in [0.2, 0.25) is 0 Å². The minimum absolute atomic E-state index is 0.0641. The molecule has 1 amide bonds. The Balaban J connectivity index is 1.88. The smallest absolute Gasteiger partial charge is 0.329 e. The second-order valence-electron chi connectivity index (χ2n) is 6.32. The molecule has 24 heavy (non-hydrogen) atoms. The first kappa shape index (κ1) is 16.3. The molecule has 0 saturated carbocycles. The largest absolute Gasteiger partial charge is 0.481 e. The summed E-state index contributed by atoms with van der Waals surface area (Å²) in [6.45, 7) is 4.81. The summed E-state index contributed by atoms with van der Waals surface area (Å²) >= 11 is 0. The molecular weight excluding hydrogens is 310 g/mol. The van der Waals surface area contributed by atoms with E-state index in [2.05, 4.69) is 0 Å². The van der Waals surface area contributed by atoms with Crippen LogP contribution in [0.15, 0.2) is 29.1 Å². The molecule has 1 saturated heterocycles. The number of benzene rings is 1. The zero-order valence-electron chi connectivity index (χ0n) is 13.8. The lowest BCUT2D eigenvalue weighted by Gasteiger charge is -2.16. The maximum atomic E-state index is 12.6. The fourth-order valence-electron chi connectivity index (χ4n) is 3.46. The van der Waals surface area contributed by atoms with Gasteiger partial charge >= 0.3 is 11.7 Å². The molecule has 2 atom stereocenters. The van der Waals surface area contributed by atoms with Crippen molar-refractivity contribution in [2.75, 3.05) is 13.1 Å². The van der Waals surface area contributed by atoms with E-state index in [1.807, 2.05) is 38.1 Å². The number of aliphatic carboxylic acids is 1. The maximum absolute atomic E-state index is 12.6. The molecule has 2 heterocycles. The summed E-state index contributed by atoms with van der Waals surface area (Å²) in [7, 11) is 0. The summed E-state index contributed by atoms with van der Waals surface area (Å²) in [5.41, 5.74) is 1.31. The molecule has 0 aliphatic carbocycles. The SMILES string of the molecule is CCn1c(=O)n(CC(=O)N2C[C@@H](C)[C@H](C(=O)O)C2)c2ccccc21. The first-order chi connectivity index (χ1) is 11.4. The zero-order chi connectivity index (χ0) is 17.4. The number of aryl methyl sites for hydroxylation is 1. The van der Waals surface area contributed by atoms with Gasteiger partial charge in [-0.05, 0) is 25.0 Å². The van der Waals surface area contributed by atoms with E-state index in [-0.39, 0.29) is 30.6 Å². The number of rotatable bonds is 4. The van der Waals surface area contributed by atoms with Crippen molar-refractivity contribution < 1.29 is 14.7 Å². The molecule has 7 nitrogen and oxygen atoms in total. The molecule has 1 aliphatic rings. The molecule has 1 fully saturated rings. The molecule has 2 aromatic rings. The fraction of sp³-hybridized carbons (Fsp3) is 0.471. The van der Waals surface area contributed by atoms with Gasteiger partial charge in [-0.15, -0.1) is 0 Å². The Bertz CT molecular complexity index is 851. The Morgan fingerprint density at radius 3 is 2.33 bits per heavy atom. The monoisotopic (exact) mass is 331 g/mol. The second-order valence-corrected chi connectivity index (χ2v) is 6.32. The summed E-state index contributed by atoms with van der Waals surface area (Å²) in [6, 6.07) is 7.38. The van der Waals surface area contributed by atoms with E-state index in [1.54, 1.807) is 9.47 Å². The maximum Gasteiger partial charge on any atom is 0.329 e. The summed E-state index contributed by atoms with van der Waals surface area (Å²) in [6.07, 6.45) is 0. The van der Waals surface area contributed by atoms with E-state index in [4.69, 9.17) is 0 Å². The number of carbonyl (C=O) groups is 2. The van der Waals surface area contributed by atoms with Crippen LogP contribution in [0.5, 0.6) is 0 Å². The quantitative estimate of drug-likeness (QED) is 0.906. The van der Waals surface area contributed by atoms with Gasteiger partial charge in [0.05, 0.1) is 17.0 Å². The van der Waals surface area contributed by atoms with Crippen molar-refractivity contribution in [3.05, 3.63) is 34.7 Å². The van der Waals surface area contributed by atoms with E-state index in [1.165, 1.54) is 4.57 Å². The second kappa shape index (κ2) is 6.14. The van der Waals surface area contributed by atoms with Gasteiger partial charge in [-0.2, -0.15) is 0 Å². The van der Waals surface area contributed by atoms with Crippen molar-refractivity contribution in [3.8, 4) is 0 Å². The number of carboxylic acid groups (broad SMARTS) is 1. The van der Waals surface area contributed by atoms with Crippen LogP contribution in [0.1, 0.15) is 13.8 Å². The van der Waals surface area contributed by atoms with Crippen molar-refractivity contribution in [2.45, 2.75) is 26.9 Å². The Hall–Kier alpha value is -2.57. The van der Waals surface area contributed by atoms with Gasteiger partial charge in [0, 0.05) is 19.6 Å². The number of imidazole rings is 1. The van der Waals surface area contributed by atoms with Crippen LogP contribution in [0.25, 0.3) is 11.0 Å². The van der Waals surface area contributed by atoms with Crippen molar-refractivity contribution >= 4 is 22.9 Å². The average molecular weight is 331 g/mol. The number of amides is 1. The van der Waals surface area contributed by atoms with E-state index in [0.29, 0.717) is 13.1 Å². The number of carboxylic acids is 1. The number of nitrogens with zero attached hydrogens (tertiary/aromatic N) is 3. The van der Waals surface area contributed by atoms with E-state index < -0.39 is 11.9 Å². The highest BCUT2D eigenvalue weighted by Crippen LogP contribution is 2.23. The van der Waals surface area contributed by atoms with Crippen LogP contribution in [0.3, 0.4) is 0 Å². The Morgan fingerprint density at radius 1 is 1.17 bits per heavy atom. The van der Waals surface area contributed by atoms with Gasteiger partial charge < -0.3 is 10.0 Å². The number of carbonyl (C=O) groups excluding carboxylic acids is 1.